The van der Waals surface area contributed by atoms with Crippen LogP contribution in [-0.2, 0) is 4.79 Å². The number of benzene rings is 2. The summed E-state index contributed by atoms with van der Waals surface area (Å²) in [5.74, 6) is 0.197. The van der Waals surface area contributed by atoms with Crippen LogP contribution in [0.3, 0.4) is 0 Å². The molecule has 22 heavy (non-hydrogen) atoms. The van der Waals surface area contributed by atoms with Gasteiger partial charge in [0.25, 0.3) is 0 Å². The van der Waals surface area contributed by atoms with Crippen LogP contribution in [-0.4, -0.2) is 5.91 Å². The minimum atomic E-state index is -0.164. The van der Waals surface area contributed by atoms with Crippen molar-refractivity contribution in [2.75, 3.05) is 5.32 Å². The number of carbonyl (C=O) groups excluding carboxylic acids is 1. The number of rotatable bonds is 4. The van der Waals surface area contributed by atoms with Gasteiger partial charge in [-0.25, -0.2) is 0 Å². The van der Waals surface area contributed by atoms with Crippen LogP contribution in [0.2, 0.25) is 5.02 Å². The van der Waals surface area contributed by atoms with Crippen LogP contribution < -0.4 is 5.32 Å². The van der Waals surface area contributed by atoms with Gasteiger partial charge in [-0.2, -0.15) is 5.26 Å². The fraction of sp³-hybridized carbons (Fsp3) is 0.222. The van der Waals surface area contributed by atoms with E-state index in [1.165, 1.54) is 0 Å². The maximum Gasteiger partial charge on any atom is 0.232 e. The molecule has 3 nitrogen and oxygen atoms in total. The Morgan fingerprint density at radius 2 is 1.95 bits per heavy atom. The predicted octanol–water partition coefficient (Wildman–Crippen LogP) is 4.34. The molecule has 1 amide bonds. The Hall–Kier alpha value is -2.31. The van der Waals surface area contributed by atoms with Crippen molar-refractivity contribution in [1.82, 2.24) is 0 Å². The van der Waals surface area contributed by atoms with Crippen molar-refractivity contribution in [3.63, 3.8) is 0 Å². The number of nitrogens with zero attached hydrogens (tertiary/aromatic N) is 1. The lowest BCUT2D eigenvalue weighted by Gasteiger charge is -2.17. The number of hydrogen-bond donors (Lipinski definition) is 1. The molecule has 4 heteroatoms. The van der Waals surface area contributed by atoms with Gasteiger partial charge in [0, 0.05) is 10.7 Å². The second kappa shape index (κ2) is 6.21. The highest BCUT2D eigenvalue weighted by Gasteiger charge is 2.37. The van der Waals surface area contributed by atoms with E-state index in [0.29, 0.717) is 22.2 Å². The van der Waals surface area contributed by atoms with Gasteiger partial charge in [0.15, 0.2) is 0 Å². The van der Waals surface area contributed by atoms with Crippen LogP contribution in [0.4, 0.5) is 5.69 Å². The summed E-state index contributed by atoms with van der Waals surface area (Å²) in [6.45, 7) is 0. The average Bonchev–Trinajstić information content (AvgIpc) is 3.34. The number of carbonyl (C=O) groups is 1. The minimum Gasteiger partial charge on any atom is -0.326 e. The van der Waals surface area contributed by atoms with Gasteiger partial charge in [-0.05, 0) is 54.7 Å². The van der Waals surface area contributed by atoms with Crippen molar-refractivity contribution >= 4 is 23.2 Å². The van der Waals surface area contributed by atoms with E-state index in [-0.39, 0.29) is 11.8 Å². The molecule has 1 aliphatic rings. The smallest absolute Gasteiger partial charge is 0.232 e. The van der Waals surface area contributed by atoms with Gasteiger partial charge in [0.2, 0.25) is 5.91 Å². The molecule has 0 aromatic heterocycles. The molecule has 1 atom stereocenters. The molecule has 1 saturated carbocycles. The Morgan fingerprint density at radius 1 is 1.23 bits per heavy atom. The number of nitrogens with one attached hydrogen (secondary N) is 1. The Balaban J connectivity index is 1.81. The first-order valence-corrected chi connectivity index (χ1v) is 7.61. The number of amides is 1. The van der Waals surface area contributed by atoms with E-state index in [9.17, 15) is 4.79 Å². The predicted molar refractivity (Wildman–Crippen MR) is 86.7 cm³/mol. The second-order valence-electron chi connectivity index (χ2n) is 5.55. The number of anilines is 1. The molecule has 1 unspecified atom stereocenters. The van der Waals surface area contributed by atoms with Crippen molar-refractivity contribution in [3.8, 4) is 6.07 Å². The molecular formula is C18H15ClN2O. The number of halogens is 1. The Kier molecular flexibility index (Phi) is 4.13. The summed E-state index contributed by atoms with van der Waals surface area (Å²) in [6.07, 6.45) is 2.14. The summed E-state index contributed by atoms with van der Waals surface area (Å²) in [5, 5.41) is 12.5. The molecule has 0 spiro atoms. The molecule has 1 aliphatic carbocycles. The fourth-order valence-corrected chi connectivity index (χ4v) is 2.75. The third-order valence-electron chi connectivity index (χ3n) is 3.86. The molecule has 0 aliphatic heterocycles. The summed E-state index contributed by atoms with van der Waals surface area (Å²) in [6, 6.07) is 16.5. The summed E-state index contributed by atoms with van der Waals surface area (Å²) in [5.41, 5.74) is 2.18. The van der Waals surface area contributed by atoms with E-state index in [1.807, 2.05) is 24.3 Å². The van der Waals surface area contributed by atoms with Gasteiger partial charge in [-0.1, -0.05) is 29.8 Å². The quantitative estimate of drug-likeness (QED) is 0.913. The normalized spacial score (nSPS) is 14.9. The van der Waals surface area contributed by atoms with E-state index in [2.05, 4.69) is 11.4 Å². The molecular weight excluding hydrogens is 296 g/mol. The molecule has 2 aromatic carbocycles. The lowest BCUT2D eigenvalue weighted by atomic mass is 9.93. The zero-order valence-electron chi connectivity index (χ0n) is 11.9. The SMILES string of the molecule is N#Cc1cccc(NC(=O)C(c2ccc(Cl)cc2)C2CC2)c1. The van der Waals surface area contributed by atoms with Crippen molar-refractivity contribution in [2.24, 2.45) is 5.92 Å². The number of hydrogen-bond acceptors (Lipinski definition) is 2. The maximum absolute atomic E-state index is 12.7. The van der Waals surface area contributed by atoms with E-state index in [1.54, 1.807) is 24.3 Å². The van der Waals surface area contributed by atoms with Crippen molar-refractivity contribution in [2.45, 2.75) is 18.8 Å². The highest BCUT2D eigenvalue weighted by Crippen LogP contribution is 2.43. The molecule has 1 N–H and O–H groups in total. The third kappa shape index (κ3) is 3.29. The Morgan fingerprint density at radius 3 is 2.59 bits per heavy atom. The summed E-state index contributed by atoms with van der Waals surface area (Å²) in [4.78, 5) is 12.7. The maximum atomic E-state index is 12.7. The van der Waals surface area contributed by atoms with Gasteiger partial charge < -0.3 is 5.32 Å². The lowest BCUT2D eigenvalue weighted by Crippen LogP contribution is -2.22. The first-order valence-electron chi connectivity index (χ1n) is 7.24. The average molecular weight is 311 g/mol. The molecule has 110 valence electrons. The first-order chi connectivity index (χ1) is 10.7. The number of nitriles is 1. The van der Waals surface area contributed by atoms with Crippen LogP contribution >= 0.6 is 11.6 Å². The molecule has 0 radical (unpaired) electrons. The van der Waals surface area contributed by atoms with Crippen LogP contribution in [0, 0.1) is 17.2 Å². The van der Waals surface area contributed by atoms with Crippen molar-refractivity contribution in [1.29, 1.82) is 5.26 Å². The summed E-state index contributed by atoms with van der Waals surface area (Å²) in [7, 11) is 0. The van der Waals surface area contributed by atoms with Gasteiger partial charge in [-0.3, -0.25) is 4.79 Å². The molecule has 0 bridgehead atoms. The van der Waals surface area contributed by atoms with E-state index in [0.717, 1.165) is 18.4 Å². The Labute approximate surface area is 134 Å². The highest BCUT2D eigenvalue weighted by molar-refractivity contribution is 6.30. The van der Waals surface area contributed by atoms with Crippen molar-refractivity contribution < 1.29 is 4.79 Å². The molecule has 0 heterocycles. The van der Waals surface area contributed by atoms with E-state index in [4.69, 9.17) is 16.9 Å². The topological polar surface area (TPSA) is 52.9 Å². The zero-order chi connectivity index (χ0) is 15.5. The van der Waals surface area contributed by atoms with Gasteiger partial charge in [-0.15, -0.1) is 0 Å². The Bertz CT molecular complexity index is 729. The minimum absolute atomic E-state index is 0.0279. The summed E-state index contributed by atoms with van der Waals surface area (Å²) < 4.78 is 0. The zero-order valence-corrected chi connectivity index (χ0v) is 12.7. The largest absolute Gasteiger partial charge is 0.326 e. The molecule has 1 fully saturated rings. The third-order valence-corrected chi connectivity index (χ3v) is 4.12. The molecule has 2 aromatic rings. The van der Waals surface area contributed by atoms with Crippen LogP contribution in [0.15, 0.2) is 48.5 Å². The van der Waals surface area contributed by atoms with E-state index >= 15 is 0 Å². The summed E-state index contributed by atoms with van der Waals surface area (Å²) >= 11 is 5.92. The van der Waals surface area contributed by atoms with Crippen LogP contribution in [0.5, 0.6) is 0 Å². The van der Waals surface area contributed by atoms with Crippen LogP contribution in [0.1, 0.15) is 29.9 Å². The van der Waals surface area contributed by atoms with E-state index < -0.39 is 0 Å². The fourth-order valence-electron chi connectivity index (χ4n) is 2.62. The first kappa shape index (κ1) is 14.6. The van der Waals surface area contributed by atoms with Crippen molar-refractivity contribution in [3.05, 3.63) is 64.7 Å². The standard InChI is InChI=1S/C18H15ClN2O/c19-15-8-6-14(7-9-15)17(13-4-5-13)18(22)21-16-3-1-2-12(10-16)11-20/h1-3,6-10,13,17H,4-5H2,(H,21,22). The van der Waals surface area contributed by atoms with Gasteiger partial charge >= 0.3 is 0 Å². The second-order valence-corrected chi connectivity index (χ2v) is 5.98. The monoisotopic (exact) mass is 310 g/mol. The van der Waals surface area contributed by atoms with Crippen LogP contribution in [0.25, 0.3) is 0 Å². The lowest BCUT2D eigenvalue weighted by molar-refractivity contribution is -0.118. The molecule has 3 rings (SSSR count). The molecule has 0 saturated heterocycles. The van der Waals surface area contributed by atoms with Gasteiger partial charge in [0.1, 0.15) is 0 Å². The highest BCUT2D eigenvalue weighted by atomic mass is 35.5. The van der Waals surface area contributed by atoms with Gasteiger partial charge in [0.05, 0.1) is 17.6 Å².